The van der Waals surface area contributed by atoms with Gasteiger partial charge in [0.25, 0.3) is 0 Å². The third kappa shape index (κ3) is 4.44. The Kier molecular flexibility index (Phi) is 7.30. The monoisotopic (exact) mass is 537 g/mol. The third-order valence-electron chi connectivity index (χ3n) is 6.12. The van der Waals surface area contributed by atoms with Gasteiger partial charge in [-0.1, -0.05) is 18.2 Å². The smallest absolute Gasteiger partial charge is 0.233 e. The first-order chi connectivity index (χ1) is 14.5. The average molecular weight is 537 g/mol. The van der Waals surface area contributed by atoms with Gasteiger partial charge < -0.3 is 10.6 Å². The molecule has 4 rings (SSSR count). The number of benzene rings is 1. The van der Waals surface area contributed by atoms with Gasteiger partial charge in [0.2, 0.25) is 11.8 Å². The first kappa shape index (κ1) is 23.2. The number of nitrogens with one attached hydrogen (secondary N) is 2. The summed E-state index contributed by atoms with van der Waals surface area (Å²) in [7, 11) is 0. The maximum atomic E-state index is 14.0. The van der Waals surface area contributed by atoms with E-state index >= 15 is 0 Å². The number of allylic oxidation sites excluding steroid dienone is 2. The van der Waals surface area contributed by atoms with E-state index in [9.17, 15) is 14.0 Å². The molecule has 1 saturated carbocycles. The molecule has 2 N–H and O–H groups in total. The highest BCUT2D eigenvalue weighted by atomic mass is 127. The van der Waals surface area contributed by atoms with E-state index in [-0.39, 0.29) is 78.1 Å². The molecule has 0 radical (unpaired) electrons. The Labute approximate surface area is 197 Å². The van der Waals surface area contributed by atoms with Crippen LogP contribution in [0.15, 0.2) is 35.3 Å². The number of hydrogen-bond donors (Lipinski definition) is 2. The molecule has 9 heteroatoms. The highest BCUT2D eigenvalue weighted by Crippen LogP contribution is 2.52. The third-order valence-corrected chi connectivity index (χ3v) is 6.12. The van der Waals surface area contributed by atoms with E-state index in [1.54, 1.807) is 12.1 Å². The zero-order valence-electron chi connectivity index (χ0n) is 17.2. The molecule has 1 aliphatic heterocycles. The minimum atomic E-state index is -0.475. The van der Waals surface area contributed by atoms with E-state index in [0.29, 0.717) is 24.6 Å². The number of carbonyl (C=O) groups excluding carboxylic acids is 2. The Balaban J connectivity index is 0.00000272. The molecule has 1 aromatic rings. The molecule has 4 atom stereocenters. The highest BCUT2D eigenvalue weighted by molar-refractivity contribution is 14.0. The number of imide groups is 1. The van der Waals surface area contributed by atoms with Crippen LogP contribution < -0.4 is 10.6 Å². The molecule has 2 bridgehead atoms. The molecule has 4 unspecified atom stereocenters. The largest absolute Gasteiger partial charge is 0.357 e. The van der Waals surface area contributed by atoms with Crippen molar-refractivity contribution in [3.8, 4) is 6.07 Å². The second-order valence-electron chi connectivity index (χ2n) is 7.87. The van der Waals surface area contributed by atoms with E-state index in [4.69, 9.17) is 5.26 Å². The number of guanidine groups is 1. The van der Waals surface area contributed by atoms with Gasteiger partial charge in [-0.2, -0.15) is 5.26 Å². The van der Waals surface area contributed by atoms with E-state index < -0.39 is 5.82 Å². The Morgan fingerprint density at radius 1 is 1.23 bits per heavy atom. The zero-order chi connectivity index (χ0) is 21.3. The van der Waals surface area contributed by atoms with Crippen LogP contribution in [0.1, 0.15) is 24.5 Å². The lowest BCUT2D eigenvalue weighted by molar-refractivity contribution is -0.140. The maximum Gasteiger partial charge on any atom is 0.233 e. The maximum absolute atomic E-state index is 14.0. The van der Waals surface area contributed by atoms with Crippen LogP contribution >= 0.6 is 24.0 Å². The molecule has 1 aromatic carbocycles. The molecule has 2 aliphatic carbocycles. The quantitative estimate of drug-likeness (QED) is 0.191. The molecule has 7 nitrogen and oxygen atoms in total. The Hall–Kier alpha value is -2.48. The molecule has 1 saturated heterocycles. The van der Waals surface area contributed by atoms with Crippen molar-refractivity contribution in [1.29, 1.82) is 5.26 Å². The molecular weight excluding hydrogens is 512 g/mol. The number of amides is 2. The predicted molar refractivity (Wildman–Crippen MR) is 124 cm³/mol. The lowest BCUT2D eigenvalue weighted by Crippen LogP contribution is -2.43. The number of carbonyl (C=O) groups is 2. The van der Waals surface area contributed by atoms with Crippen molar-refractivity contribution < 1.29 is 14.0 Å². The first-order valence-corrected chi connectivity index (χ1v) is 10.3. The fourth-order valence-electron chi connectivity index (χ4n) is 4.72. The number of rotatable bonds is 6. The van der Waals surface area contributed by atoms with Crippen molar-refractivity contribution in [2.75, 3.05) is 19.6 Å². The fraction of sp³-hybridized carbons (Fsp3) is 0.455. The highest BCUT2D eigenvalue weighted by Gasteiger charge is 2.58. The molecule has 3 aliphatic rings. The molecular formula is C22H25FIN5O2. The lowest BCUT2D eigenvalue weighted by Gasteiger charge is -2.18. The summed E-state index contributed by atoms with van der Waals surface area (Å²) < 4.78 is 14.0. The van der Waals surface area contributed by atoms with E-state index in [2.05, 4.69) is 27.8 Å². The summed E-state index contributed by atoms with van der Waals surface area (Å²) in [6.45, 7) is 3.27. The molecule has 0 aromatic heterocycles. The van der Waals surface area contributed by atoms with Crippen molar-refractivity contribution in [2.24, 2.45) is 28.7 Å². The van der Waals surface area contributed by atoms with Crippen LogP contribution in [0.25, 0.3) is 0 Å². The summed E-state index contributed by atoms with van der Waals surface area (Å²) in [5, 5.41) is 15.0. The van der Waals surface area contributed by atoms with Gasteiger partial charge in [-0.15, -0.1) is 24.0 Å². The van der Waals surface area contributed by atoms with Crippen molar-refractivity contribution in [1.82, 2.24) is 15.5 Å². The molecule has 164 valence electrons. The van der Waals surface area contributed by atoms with Gasteiger partial charge in [-0.05, 0) is 37.3 Å². The number of fused-ring (bicyclic) bond motifs is 5. The number of nitrogens with zero attached hydrogens (tertiary/aromatic N) is 3. The van der Waals surface area contributed by atoms with Crippen LogP contribution in [-0.2, 0) is 16.1 Å². The van der Waals surface area contributed by atoms with Crippen molar-refractivity contribution in [3.63, 3.8) is 0 Å². The zero-order valence-corrected chi connectivity index (χ0v) is 19.5. The number of hydrogen-bond acceptors (Lipinski definition) is 4. The first-order valence-electron chi connectivity index (χ1n) is 10.3. The van der Waals surface area contributed by atoms with Crippen LogP contribution in [0.4, 0.5) is 4.39 Å². The normalized spacial score (nSPS) is 26.0. The van der Waals surface area contributed by atoms with Crippen LogP contribution in [0.5, 0.6) is 0 Å². The Morgan fingerprint density at radius 2 is 1.90 bits per heavy atom. The van der Waals surface area contributed by atoms with Crippen LogP contribution in [0.3, 0.4) is 0 Å². The molecule has 2 fully saturated rings. The average Bonchev–Trinajstić information content (AvgIpc) is 3.42. The van der Waals surface area contributed by atoms with Gasteiger partial charge in [-0.3, -0.25) is 14.5 Å². The van der Waals surface area contributed by atoms with Crippen LogP contribution in [-0.4, -0.2) is 42.3 Å². The second-order valence-corrected chi connectivity index (χ2v) is 7.87. The Morgan fingerprint density at radius 3 is 2.48 bits per heavy atom. The molecule has 31 heavy (non-hydrogen) atoms. The summed E-state index contributed by atoms with van der Waals surface area (Å²) in [4.78, 5) is 31.2. The number of halogens is 2. The minimum Gasteiger partial charge on any atom is -0.357 e. The number of aliphatic imine (C=N–C) groups is 1. The standard InChI is InChI=1S/C22H24FN5O2.HI/c1-2-25-22(27-12-16-4-3-13(11-24)9-17(16)23)26-7-8-28-20(29)18-14-5-6-15(10-14)19(18)21(28)30;/h3-6,9,14-15,18-19H,2,7-8,10,12H2,1H3,(H2,25,26,27);1H. The summed E-state index contributed by atoms with van der Waals surface area (Å²) in [5.74, 6) is -0.0943. The predicted octanol–water partition coefficient (Wildman–Crippen LogP) is 2.18. The van der Waals surface area contributed by atoms with Gasteiger partial charge in [0, 0.05) is 25.2 Å². The van der Waals surface area contributed by atoms with E-state index in [1.807, 2.05) is 13.0 Å². The van der Waals surface area contributed by atoms with Crippen molar-refractivity contribution in [3.05, 3.63) is 47.3 Å². The molecule has 2 amide bonds. The van der Waals surface area contributed by atoms with Crippen molar-refractivity contribution in [2.45, 2.75) is 19.9 Å². The molecule has 1 heterocycles. The summed E-state index contributed by atoms with van der Waals surface area (Å²) in [6, 6.07) is 6.19. The molecule has 0 spiro atoms. The minimum absolute atomic E-state index is 0. The van der Waals surface area contributed by atoms with Crippen LogP contribution in [0, 0.1) is 40.8 Å². The number of nitriles is 1. The van der Waals surface area contributed by atoms with Gasteiger partial charge in [0.05, 0.1) is 30.0 Å². The lowest BCUT2D eigenvalue weighted by atomic mass is 9.85. The van der Waals surface area contributed by atoms with E-state index in [1.165, 1.54) is 11.0 Å². The summed E-state index contributed by atoms with van der Waals surface area (Å²) in [5.41, 5.74) is 0.644. The van der Waals surface area contributed by atoms with Gasteiger partial charge in [0.15, 0.2) is 5.96 Å². The topological polar surface area (TPSA) is 97.6 Å². The van der Waals surface area contributed by atoms with Gasteiger partial charge in [0.1, 0.15) is 5.82 Å². The van der Waals surface area contributed by atoms with E-state index in [0.717, 1.165) is 6.42 Å². The SMILES string of the molecule is CCNC(=NCc1ccc(C#N)cc1F)NCCN1C(=O)C2C3C=CC(C3)C2C1=O.I. The van der Waals surface area contributed by atoms with Gasteiger partial charge >= 0.3 is 0 Å². The van der Waals surface area contributed by atoms with Crippen LogP contribution in [0.2, 0.25) is 0 Å². The summed E-state index contributed by atoms with van der Waals surface area (Å²) in [6.07, 6.45) is 5.08. The van der Waals surface area contributed by atoms with Gasteiger partial charge in [-0.25, -0.2) is 9.38 Å². The Bertz CT molecular complexity index is 943. The summed E-state index contributed by atoms with van der Waals surface area (Å²) >= 11 is 0. The van der Waals surface area contributed by atoms with Crippen molar-refractivity contribution >= 4 is 41.8 Å². The fourth-order valence-corrected chi connectivity index (χ4v) is 4.72. The number of likely N-dealkylation sites (tertiary alicyclic amines) is 1. The second kappa shape index (κ2) is 9.77.